The zero-order chi connectivity index (χ0) is 21.3. The Hall–Kier alpha value is -2.67. The topological polar surface area (TPSA) is 64.7 Å². The Morgan fingerprint density at radius 1 is 1.14 bits per heavy atom. The molecule has 8 heteroatoms. The van der Waals surface area contributed by atoms with Crippen molar-refractivity contribution in [3.05, 3.63) is 63.4 Å². The fraction of sp³-hybridized carbons (Fsp3) is 0.381. The van der Waals surface area contributed by atoms with Gasteiger partial charge in [-0.1, -0.05) is 36.7 Å². The Balaban J connectivity index is 1.86. The van der Waals surface area contributed by atoms with Crippen molar-refractivity contribution in [3.63, 3.8) is 0 Å². The summed E-state index contributed by atoms with van der Waals surface area (Å²) < 4.78 is 17.4. The third-order valence-corrected chi connectivity index (χ3v) is 5.68. The number of rotatable bonds is 6. The summed E-state index contributed by atoms with van der Waals surface area (Å²) in [5.74, 6) is -0.468. The summed E-state index contributed by atoms with van der Waals surface area (Å²) in [7, 11) is 0. The van der Waals surface area contributed by atoms with Crippen LogP contribution in [-0.4, -0.2) is 25.5 Å². The fourth-order valence-corrected chi connectivity index (χ4v) is 3.57. The average molecular weight is 418 g/mol. The number of amides is 1. The van der Waals surface area contributed by atoms with Crippen LogP contribution in [0, 0.1) is 33.5 Å². The summed E-state index contributed by atoms with van der Waals surface area (Å²) in [6.07, 6.45) is 0.561. The number of aryl methyl sites for hydroxylation is 2. The number of hydrogen-bond acceptors (Lipinski definition) is 3. The molecule has 2 heterocycles. The van der Waals surface area contributed by atoms with E-state index >= 15 is 0 Å². The average Bonchev–Trinajstić information content (AvgIpc) is 3.09. The molecule has 0 spiro atoms. The highest BCUT2D eigenvalue weighted by Gasteiger charge is 2.25. The van der Waals surface area contributed by atoms with Gasteiger partial charge in [0.05, 0.1) is 40.0 Å². The lowest BCUT2D eigenvalue weighted by atomic mass is 10.2. The van der Waals surface area contributed by atoms with Gasteiger partial charge in [0, 0.05) is 5.56 Å². The molecule has 1 amide bonds. The second-order valence-corrected chi connectivity index (χ2v) is 7.52. The van der Waals surface area contributed by atoms with Gasteiger partial charge in [-0.15, -0.1) is 0 Å². The summed E-state index contributed by atoms with van der Waals surface area (Å²) in [4.78, 5) is 13.0. The van der Waals surface area contributed by atoms with E-state index in [9.17, 15) is 9.18 Å². The van der Waals surface area contributed by atoms with Crippen molar-refractivity contribution in [2.45, 2.75) is 53.6 Å². The van der Waals surface area contributed by atoms with Crippen molar-refractivity contribution < 1.29 is 9.18 Å². The van der Waals surface area contributed by atoms with Crippen molar-refractivity contribution in [3.8, 4) is 0 Å². The van der Waals surface area contributed by atoms with E-state index in [-0.39, 0.29) is 11.7 Å². The molecule has 0 aliphatic heterocycles. The summed E-state index contributed by atoms with van der Waals surface area (Å²) >= 11 is 6.25. The third-order valence-electron chi connectivity index (χ3n) is 5.13. The van der Waals surface area contributed by atoms with E-state index < -0.39 is 6.04 Å². The van der Waals surface area contributed by atoms with Gasteiger partial charge in [-0.05, 0) is 40.2 Å². The van der Waals surface area contributed by atoms with Gasteiger partial charge in [-0.25, -0.2) is 4.39 Å². The van der Waals surface area contributed by atoms with Crippen LogP contribution in [0.5, 0.6) is 0 Å². The summed E-state index contributed by atoms with van der Waals surface area (Å²) in [5, 5.41) is 12.5. The van der Waals surface area contributed by atoms with E-state index in [0.29, 0.717) is 40.6 Å². The van der Waals surface area contributed by atoms with Crippen LogP contribution in [0.15, 0.2) is 24.3 Å². The van der Waals surface area contributed by atoms with E-state index in [4.69, 9.17) is 11.6 Å². The normalized spacial score (nSPS) is 12.2. The van der Waals surface area contributed by atoms with Crippen molar-refractivity contribution in [1.29, 1.82) is 0 Å². The standard InChI is InChI=1S/C21H25ClFN5O/c1-6-18(28-14(4)19(22)12(2)26-28)21(29)24-20-13(3)25-27(15(20)5)11-16-9-7-8-10-17(16)23/h7-10,18H,6,11H2,1-5H3,(H,24,29). The van der Waals surface area contributed by atoms with Crippen LogP contribution in [0.25, 0.3) is 0 Å². The molecule has 0 aliphatic carbocycles. The molecule has 2 aromatic heterocycles. The molecule has 0 saturated carbocycles. The van der Waals surface area contributed by atoms with Crippen LogP contribution in [0.3, 0.4) is 0 Å². The summed E-state index contributed by atoms with van der Waals surface area (Å²) in [5.41, 5.74) is 4.07. The number of nitrogens with zero attached hydrogens (tertiary/aromatic N) is 4. The molecule has 6 nitrogen and oxygen atoms in total. The quantitative estimate of drug-likeness (QED) is 0.629. The van der Waals surface area contributed by atoms with Crippen molar-refractivity contribution in [1.82, 2.24) is 19.6 Å². The first-order chi connectivity index (χ1) is 13.7. The molecule has 3 aromatic rings. The number of nitrogens with one attached hydrogen (secondary N) is 1. The Bertz CT molecular complexity index is 1060. The van der Waals surface area contributed by atoms with E-state index in [1.807, 2.05) is 34.6 Å². The van der Waals surface area contributed by atoms with Gasteiger partial charge in [0.15, 0.2) is 0 Å². The van der Waals surface area contributed by atoms with Crippen molar-refractivity contribution in [2.75, 3.05) is 5.32 Å². The molecule has 1 atom stereocenters. The minimum atomic E-state index is -0.491. The van der Waals surface area contributed by atoms with Crippen molar-refractivity contribution in [2.24, 2.45) is 0 Å². The molecule has 0 aliphatic rings. The number of hydrogen-bond donors (Lipinski definition) is 1. The second kappa shape index (κ2) is 8.37. The predicted octanol–water partition coefficient (Wildman–Crippen LogP) is 4.74. The molecular formula is C21H25ClFN5O. The van der Waals surface area contributed by atoms with Crippen LogP contribution < -0.4 is 5.32 Å². The second-order valence-electron chi connectivity index (χ2n) is 7.14. The number of anilines is 1. The summed E-state index contributed by atoms with van der Waals surface area (Å²) in [6, 6.07) is 6.11. The maximum absolute atomic E-state index is 14.0. The van der Waals surface area contributed by atoms with E-state index in [2.05, 4.69) is 15.5 Å². The van der Waals surface area contributed by atoms with Crippen LogP contribution in [-0.2, 0) is 11.3 Å². The molecule has 1 aromatic carbocycles. The molecular weight excluding hydrogens is 393 g/mol. The Labute approximate surface area is 174 Å². The van der Waals surface area contributed by atoms with E-state index in [1.54, 1.807) is 27.6 Å². The van der Waals surface area contributed by atoms with Crippen LogP contribution in [0.2, 0.25) is 5.02 Å². The molecule has 0 bridgehead atoms. The zero-order valence-electron chi connectivity index (χ0n) is 17.3. The van der Waals surface area contributed by atoms with E-state index in [0.717, 1.165) is 11.4 Å². The van der Waals surface area contributed by atoms with Gasteiger partial charge in [-0.2, -0.15) is 10.2 Å². The Morgan fingerprint density at radius 3 is 2.41 bits per heavy atom. The number of aromatic nitrogens is 4. The lowest BCUT2D eigenvalue weighted by Crippen LogP contribution is -2.27. The molecule has 0 fully saturated rings. The molecule has 1 unspecified atom stereocenters. The molecule has 1 N–H and O–H groups in total. The fourth-order valence-electron chi connectivity index (χ4n) is 3.44. The third kappa shape index (κ3) is 4.05. The first kappa shape index (κ1) is 21.0. The first-order valence-corrected chi connectivity index (χ1v) is 9.91. The van der Waals surface area contributed by atoms with Gasteiger partial charge in [-0.3, -0.25) is 14.2 Å². The highest BCUT2D eigenvalue weighted by atomic mass is 35.5. The maximum atomic E-state index is 14.0. The van der Waals surface area contributed by atoms with E-state index in [1.165, 1.54) is 6.07 Å². The van der Waals surface area contributed by atoms with Gasteiger partial charge in [0.2, 0.25) is 5.91 Å². The first-order valence-electron chi connectivity index (χ1n) is 9.54. The Kier molecular flexibility index (Phi) is 6.07. The largest absolute Gasteiger partial charge is 0.321 e. The minimum absolute atomic E-state index is 0.189. The lowest BCUT2D eigenvalue weighted by Gasteiger charge is -2.17. The summed E-state index contributed by atoms with van der Waals surface area (Å²) in [6.45, 7) is 9.56. The van der Waals surface area contributed by atoms with Gasteiger partial charge in [0.1, 0.15) is 11.9 Å². The number of benzene rings is 1. The zero-order valence-corrected chi connectivity index (χ0v) is 18.0. The number of carbonyl (C=O) groups excluding carboxylic acids is 1. The van der Waals surface area contributed by atoms with Crippen LogP contribution in [0.1, 0.15) is 47.7 Å². The van der Waals surface area contributed by atoms with Gasteiger partial charge in [0.25, 0.3) is 0 Å². The highest BCUT2D eigenvalue weighted by Crippen LogP contribution is 2.26. The number of halogens is 2. The number of carbonyl (C=O) groups is 1. The molecule has 154 valence electrons. The molecule has 29 heavy (non-hydrogen) atoms. The van der Waals surface area contributed by atoms with Crippen LogP contribution >= 0.6 is 11.6 Å². The maximum Gasteiger partial charge on any atom is 0.249 e. The lowest BCUT2D eigenvalue weighted by molar-refractivity contribution is -0.119. The van der Waals surface area contributed by atoms with Gasteiger partial charge >= 0.3 is 0 Å². The minimum Gasteiger partial charge on any atom is -0.321 e. The Morgan fingerprint density at radius 2 is 1.83 bits per heavy atom. The predicted molar refractivity (Wildman–Crippen MR) is 112 cm³/mol. The monoisotopic (exact) mass is 417 g/mol. The molecule has 3 rings (SSSR count). The van der Waals surface area contributed by atoms with Gasteiger partial charge < -0.3 is 5.32 Å². The smallest absolute Gasteiger partial charge is 0.249 e. The highest BCUT2D eigenvalue weighted by molar-refractivity contribution is 6.31. The SMILES string of the molecule is CCC(C(=O)Nc1c(C)nn(Cc2ccccc2F)c1C)n1nc(C)c(Cl)c1C. The molecule has 0 saturated heterocycles. The van der Waals surface area contributed by atoms with Crippen LogP contribution in [0.4, 0.5) is 10.1 Å². The molecule has 0 radical (unpaired) electrons. The van der Waals surface area contributed by atoms with Crippen molar-refractivity contribution >= 4 is 23.2 Å².